The molecule has 3 rings (SSSR count). The zero-order valence-electron chi connectivity index (χ0n) is 12.3. The smallest absolute Gasteiger partial charge is 0.227 e. The SMILES string of the molecule is Cc1cn[nH]c1C[C@H]1CCCN(C(=O)Cc2cccs2)C1. The average Bonchev–Trinajstić information content (AvgIpc) is 3.12. The molecule has 1 aliphatic heterocycles. The van der Waals surface area contributed by atoms with E-state index in [1.165, 1.54) is 17.7 Å². The lowest BCUT2D eigenvalue weighted by Gasteiger charge is -2.32. The number of piperidine rings is 1. The van der Waals surface area contributed by atoms with E-state index in [0.717, 1.165) is 30.8 Å². The Morgan fingerprint density at radius 3 is 3.19 bits per heavy atom. The Morgan fingerprint density at radius 1 is 1.57 bits per heavy atom. The van der Waals surface area contributed by atoms with Gasteiger partial charge in [-0.25, -0.2) is 0 Å². The lowest BCUT2D eigenvalue weighted by atomic mass is 9.92. The summed E-state index contributed by atoms with van der Waals surface area (Å²) >= 11 is 1.66. The second-order valence-electron chi connectivity index (χ2n) is 5.84. The van der Waals surface area contributed by atoms with E-state index in [1.807, 2.05) is 28.6 Å². The molecule has 5 heteroatoms. The van der Waals surface area contributed by atoms with Crippen molar-refractivity contribution in [2.45, 2.75) is 32.6 Å². The monoisotopic (exact) mass is 303 g/mol. The van der Waals surface area contributed by atoms with Crippen LogP contribution >= 0.6 is 11.3 Å². The normalized spacial score (nSPS) is 18.9. The summed E-state index contributed by atoms with van der Waals surface area (Å²) in [5.41, 5.74) is 2.43. The Morgan fingerprint density at radius 2 is 2.48 bits per heavy atom. The minimum absolute atomic E-state index is 0.267. The number of carbonyl (C=O) groups is 1. The molecule has 1 N–H and O–H groups in total. The van der Waals surface area contributed by atoms with Gasteiger partial charge in [0.1, 0.15) is 0 Å². The Hall–Kier alpha value is -1.62. The average molecular weight is 303 g/mol. The van der Waals surface area contributed by atoms with Gasteiger partial charge in [0, 0.05) is 23.7 Å². The highest BCUT2D eigenvalue weighted by molar-refractivity contribution is 7.10. The molecular formula is C16H21N3OS. The van der Waals surface area contributed by atoms with E-state index in [1.54, 1.807) is 11.3 Å². The minimum Gasteiger partial charge on any atom is -0.342 e. The van der Waals surface area contributed by atoms with Gasteiger partial charge >= 0.3 is 0 Å². The predicted molar refractivity (Wildman–Crippen MR) is 84.4 cm³/mol. The molecule has 1 atom stereocenters. The van der Waals surface area contributed by atoms with E-state index in [-0.39, 0.29) is 5.91 Å². The summed E-state index contributed by atoms with van der Waals surface area (Å²) in [7, 11) is 0. The number of rotatable bonds is 4. The molecule has 3 heterocycles. The molecule has 4 nitrogen and oxygen atoms in total. The molecule has 0 aromatic carbocycles. The number of H-pyrrole nitrogens is 1. The van der Waals surface area contributed by atoms with Crippen LogP contribution in [0, 0.1) is 12.8 Å². The van der Waals surface area contributed by atoms with Gasteiger partial charge in [-0.3, -0.25) is 9.89 Å². The first-order valence-corrected chi connectivity index (χ1v) is 8.39. The van der Waals surface area contributed by atoms with Crippen LogP contribution in [0.25, 0.3) is 0 Å². The summed E-state index contributed by atoms with van der Waals surface area (Å²) < 4.78 is 0. The Kier molecular flexibility index (Phi) is 4.39. The molecule has 1 aliphatic rings. The maximum atomic E-state index is 12.4. The van der Waals surface area contributed by atoms with Gasteiger partial charge < -0.3 is 4.90 Å². The number of thiophene rings is 1. The number of likely N-dealkylation sites (tertiary alicyclic amines) is 1. The third-order valence-corrected chi connectivity index (χ3v) is 5.08. The number of aromatic amines is 1. The molecule has 2 aromatic rings. The zero-order chi connectivity index (χ0) is 14.7. The number of aryl methyl sites for hydroxylation is 1. The molecule has 0 unspecified atom stereocenters. The van der Waals surface area contributed by atoms with Gasteiger partial charge in [0.2, 0.25) is 5.91 Å². The second-order valence-corrected chi connectivity index (χ2v) is 6.87. The van der Waals surface area contributed by atoms with Crippen LogP contribution in [0.4, 0.5) is 0 Å². The van der Waals surface area contributed by atoms with Gasteiger partial charge in [-0.2, -0.15) is 5.10 Å². The molecule has 0 bridgehead atoms. The fourth-order valence-electron chi connectivity index (χ4n) is 3.00. The first-order chi connectivity index (χ1) is 10.2. The van der Waals surface area contributed by atoms with Crippen LogP contribution in [0.3, 0.4) is 0 Å². The van der Waals surface area contributed by atoms with E-state index in [4.69, 9.17) is 0 Å². The summed E-state index contributed by atoms with van der Waals surface area (Å²) in [6.45, 7) is 3.87. The van der Waals surface area contributed by atoms with Crippen molar-refractivity contribution < 1.29 is 4.79 Å². The van der Waals surface area contributed by atoms with Crippen LogP contribution in [-0.2, 0) is 17.6 Å². The molecule has 1 amide bonds. The molecule has 112 valence electrons. The molecule has 0 radical (unpaired) electrons. The lowest BCUT2D eigenvalue weighted by Crippen LogP contribution is -2.41. The van der Waals surface area contributed by atoms with Gasteiger partial charge in [0.25, 0.3) is 0 Å². The highest BCUT2D eigenvalue weighted by atomic mass is 32.1. The summed E-state index contributed by atoms with van der Waals surface area (Å²) in [5.74, 6) is 0.814. The predicted octanol–water partition coefficient (Wildman–Crippen LogP) is 2.80. The number of nitrogens with one attached hydrogen (secondary N) is 1. The second kappa shape index (κ2) is 6.43. The van der Waals surface area contributed by atoms with E-state index < -0.39 is 0 Å². The van der Waals surface area contributed by atoms with E-state index in [0.29, 0.717) is 12.3 Å². The van der Waals surface area contributed by atoms with Crippen LogP contribution in [-0.4, -0.2) is 34.1 Å². The van der Waals surface area contributed by atoms with Crippen molar-refractivity contribution in [1.82, 2.24) is 15.1 Å². The number of amides is 1. The van der Waals surface area contributed by atoms with Gasteiger partial charge in [-0.05, 0) is 49.1 Å². The summed E-state index contributed by atoms with van der Waals surface area (Å²) in [5, 5.41) is 9.20. The highest BCUT2D eigenvalue weighted by Gasteiger charge is 2.24. The molecule has 1 saturated heterocycles. The maximum absolute atomic E-state index is 12.4. The molecule has 0 aliphatic carbocycles. The van der Waals surface area contributed by atoms with Gasteiger partial charge in [0.05, 0.1) is 12.6 Å². The number of hydrogen-bond acceptors (Lipinski definition) is 3. The quantitative estimate of drug-likeness (QED) is 0.944. The van der Waals surface area contributed by atoms with Gasteiger partial charge in [0.15, 0.2) is 0 Å². The van der Waals surface area contributed by atoms with Crippen molar-refractivity contribution in [3.05, 3.63) is 39.8 Å². The Balaban J connectivity index is 1.57. The van der Waals surface area contributed by atoms with Crippen molar-refractivity contribution in [1.29, 1.82) is 0 Å². The van der Waals surface area contributed by atoms with Crippen LogP contribution in [0.1, 0.15) is 29.0 Å². The third kappa shape index (κ3) is 3.53. The molecule has 2 aromatic heterocycles. The van der Waals surface area contributed by atoms with E-state index in [9.17, 15) is 4.79 Å². The number of aromatic nitrogens is 2. The van der Waals surface area contributed by atoms with Gasteiger partial charge in [-0.15, -0.1) is 11.3 Å². The first kappa shape index (κ1) is 14.3. The lowest BCUT2D eigenvalue weighted by molar-refractivity contribution is -0.132. The number of nitrogens with zero attached hydrogens (tertiary/aromatic N) is 2. The summed E-state index contributed by atoms with van der Waals surface area (Å²) in [6.07, 6.45) is 5.72. The van der Waals surface area contributed by atoms with Crippen molar-refractivity contribution in [2.24, 2.45) is 5.92 Å². The standard InChI is InChI=1S/C16H21N3OS/c1-12-10-17-18-15(12)8-13-4-2-6-19(11-13)16(20)9-14-5-3-7-21-14/h3,5,7,10,13H,2,4,6,8-9,11H2,1H3,(H,17,18)/t13-/m1/s1. The van der Waals surface area contributed by atoms with E-state index >= 15 is 0 Å². The summed E-state index contributed by atoms with van der Waals surface area (Å²) in [4.78, 5) is 15.6. The molecular weight excluding hydrogens is 282 g/mol. The maximum Gasteiger partial charge on any atom is 0.227 e. The van der Waals surface area contributed by atoms with Gasteiger partial charge in [-0.1, -0.05) is 6.07 Å². The summed E-state index contributed by atoms with van der Waals surface area (Å²) in [6, 6.07) is 4.05. The number of carbonyl (C=O) groups excluding carboxylic acids is 1. The minimum atomic E-state index is 0.267. The Bertz CT molecular complexity index is 590. The molecule has 0 spiro atoms. The topological polar surface area (TPSA) is 49.0 Å². The first-order valence-electron chi connectivity index (χ1n) is 7.51. The zero-order valence-corrected chi connectivity index (χ0v) is 13.2. The molecule has 0 saturated carbocycles. The van der Waals surface area contributed by atoms with Crippen molar-refractivity contribution in [3.8, 4) is 0 Å². The molecule has 1 fully saturated rings. The molecule has 21 heavy (non-hydrogen) atoms. The largest absolute Gasteiger partial charge is 0.342 e. The van der Waals surface area contributed by atoms with E-state index in [2.05, 4.69) is 17.1 Å². The van der Waals surface area contributed by atoms with Crippen LogP contribution in [0.5, 0.6) is 0 Å². The fourth-order valence-corrected chi connectivity index (χ4v) is 3.70. The van der Waals surface area contributed by atoms with Crippen LogP contribution in [0.15, 0.2) is 23.7 Å². The Labute approximate surface area is 129 Å². The highest BCUT2D eigenvalue weighted by Crippen LogP contribution is 2.22. The van der Waals surface area contributed by atoms with Crippen molar-refractivity contribution in [3.63, 3.8) is 0 Å². The van der Waals surface area contributed by atoms with Crippen molar-refractivity contribution in [2.75, 3.05) is 13.1 Å². The number of hydrogen-bond donors (Lipinski definition) is 1. The fraction of sp³-hybridized carbons (Fsp3) is 0.500. The van der Waals surface area contributed by atoms with Crippen molar-refractivity contribution >= 4 is 17.2 Å². The van der Waals surface area contributed by atoms with Crippen LogP contribution < -0.4 is 0 Å². The van der Waals surface area contributed by atoms with Crippen LogP contribution in [0.2, 0.25) is 0 Å². The third-order valence-electron chi connectivity index (χ3n) is 4.20.